The quantitative estimate of drug-likeness (QED) is 0.297. The van der Waals surface area contributed by atoms with E-state index in [0.29, 0.717) is 49.6 Å². The molecular weight excluding hydrogens is 532 g/mol. The first-order chi connectivity index (χ1) is 18.8. The highest BCUT2D eigenvalue weighted by Gasteiger charge is 2.36. The van der Waals surface area contributed by atoms with Crippen LogP contribution in [0.3, 0.4) is 0 Å². The molecular formula is C30H27ClN4O3S. The molecule has 198 valence electrons. The second-order valence-electron chi connectivity index (χ2n) is 8.83. The number of para-hydroxylation sites is 2. The molecule has 1 heterocycles. The molecule has 1 aliphatic rings. The highest BCUT2D eigenvalue weighted by atomic mass is 35.5. The molecule has 39 heavy (non-hydrogen) atoms. The van der Waals surface area contributed by atoms with Gasteiger partial charge in [-0.2, -0.15) is 5.26 Å². The summed E-state index contributed by atoms with van der Waals surface area (Å²) in [4.78, 5) is 26.4. The smallest absolute Gasteiger partial charge is 0.254 e. The average Bonchev–Trinajstić information content (AvgIpc) is 2.93. The molecule has 3 aromatic carbocycles. The number of ether oxygens (including phenoxy) is 1. The van der Waals surface area contributed by atoms with Gasteiger partial charge < -0.3 is 20.7 Å². The minimum atomic E-state index is -0.748. The first-order valence-corrected chi connectivity index (χ1v) is 13.5. The molecule has 1 atom stereocenters. The summed E-state index contributed by atoms with van der Waals surface area (Å²) in [5.74, 6) is -0.794. The molecule has 0 radical (unpaired) electrons. The number of halogens is 1. The van der Waals surface area contributed by atoms with Crippen LogP contribution in [0.2, 0.25) is 5.02 Å². The van der Waals surface area contributed by atoms with Crippen molar-refractivity contribution < 1.29 is 14.3 Å². The van der Waals surface area contributed by atoms with Gasteiger partial charge in [-0.1, -0.05) is 71.4 Å². The number of rotatable bonds is 8. The zero-order valence-electron chi connectivity index (χ0n) is 21.7. The molecule has 1 aliphatic heterocycles. The lowest BCUT2D eigenvalue weighted by atomic mass is 9.82. The minimum absolute atomic E-state index is 0.0622. The summed E-state index contributed by atoms with van der Waals surface area (Å²) in [7, 11) is 1.53. The van der Waals surface area contributed by atoms with Crippen molar-refractivity contribution in [1.82, 2.24) is 5.32 Å². The number of nitrogens with one attached hydrogen (secondary N) is 3. The van der Waals surface area contributed by atoms with Crippen LogP contribution in [0.15, 0.2) is 94.7 Å². The molecule has 0 aromatic heterocycles. The monoisotopic (exact) mass is 558 g/mol. The van der Waals surface area contributed by atoms with Crippen LogP contribution in [0.5, 0.6) is 5.75 Å². The fourth-order valence-electron chi connectivity index (χ4n) is 4.26. The number of carbonyl (C=O) groups excluding carboxylic acids is 2. The highest BCUT2D eigenvalue weighted by molar-refractivity contribution is 8.03. The van der Waals surface area contributed by atoms with E-state index in [9.17, 15) is 14.9 Å². The molecule has 9 heteroatoms. The summed E-state index contributed by atoms with van der Waals surface area (Å²) >= 11 is 7.78. The Morgan fingerprint density at radius 1 is 1.03 bits per heavy atom. The van der Waals surface area contributed by atoms with Crippen molar-refractivity contribution in [3.05, 3.63) is 111 Å². The van der Waals surface area contributed by atoms with Crippen molar-refractivity contribution in [1.29, 1.82) is 5.26 Å². The highest BCUT2D eigenvalue weighted by Crippen LogP contribution is 2.43. The number of amides is 2. The van der Waals surface area contributed by atoms with Gasteiger partial charge in [-0.05, 0) is 49.7 Å². The Morgan fingerprint density at radius 2 is 1.72 bits per heavy atom. The Morgan fingerprint density at radius 3 is 2.41 bits per heavy atom. The first-order valence-electron chi connectivity index (χ1n) is 12.1. The van der Waals surface area contributed by atoms with Gasteiger partial charge in [0, 0.05) is 22.0 Å². The van der Waals surface area contributed by atoms with Crippen molar-refractivity contribution >= 4 is 46.6 Å². The Balaban J connectivity index is 1.65. The molecule has 3 N–H and O–H groups in total. The predicted octanol–water partition coefficient (Wildman–Crippen LogP) is 6.36. The molecule has 7 nitrogen and oxygen atoms in total. The lowest BCUT2D eigenvalue weighted by Gasteiger charge is -2.30. The van der Waals surface area contributed by atoms with E-state index < -0.39 is 11.8 Å². The Kier molecular flexibility index (Phi) is 8.97. The first kappa shape index (κ1) is 27.8. The molecule has 4 rings (SSSR count). The van der Waals surface area contributed by atoms with Gasteiger partial charge in [0.05, 0.1) is 41.1 Å². The van der Waals surface area contributed by atoms with Crippen molar-refractivity contribution in [2.24, 2.45) is 0 Å². The average molecular weight is 559 g/mol. The Labute approximate surface area is 236 Å². The maximum Gasteiger partial charge on any atom is 0.254 e. The van der Waals surface area contributed by atoms with E-state index in [-0.39, 0.29) is 11.7 Å². The molecule has 0 fully saturated rings. The third kappa shape index (κ3) is 6.45. The van der Waals surface area contributed by atoms with Gasteiger partial charge in [-0.25, -0.2) is 0 Å². The zero-order valence-corrected chi connectivity index (χ0v) is 23.2. The van der Waals surface area contributed by atoms with Crippen molar-refractivity contribution in [2.45, 2.75) is 19.8 Å². The van der Waals surface area contributed by atoms with E-state index in [1.807, 2.05) is 43.3 Å². The minimum Gasteiger partial charge on any atom is -0.495 e. The second kappa shape index (κ2) is 12.6. The van der Waals surface area contributed by atoms with Crippen molar-refractivity contribution in [3.8, 4) is 11.8 Å². The van der Waals surface area contributed by atoms with Crippen molar-refractivity contribution in [3.63, 3.8) is 0 Å². The second-order valence-corrected chi connectivity index (χ2v) is 10.2. The molecule has 0 saturated heterocycles. The number of thioether (sulfide) groups is 1. The number of aryl methyl sites for hydroxylation is 1. The summed E-state index contributed by atoms with van der Waals surface area (Å²) in [6.45, 7) is 3.74. The molecule has 2 amide bonds. The van der Waals surface area contributed by atoms with Gasteiger partial charge in [-0.15, -0.1) is 0 Å². The standard InChI is InChI=1S/C30H27ClN4O3S/c1-18-12-14-20(15-13-18)34-26(36)17-39-30-22(16-32)28(21-8-4-5-9-23(21)31)27(19(2)33-30)29(37)35-24-10-6-7-11-25(24)38-3/h4-15,28,33H,17H2,1-3H3,(H,34,36)(H,35,37)/t28-/m0/s1. The number of benzene rings is 3. The zero-order chi connectivity index (χ0) is 27.9. The summed E-state index contributed by atoms with van der Waals surface area (Å²) in [6, 6.07) is 24.0. The lowest BCUT2D eigenvalue weighted by molar-refractivity contribution is -0.114. The number of nitriles is 1. The van der Waals surface area contributed by atoms with Gasteiger partial charge in [0.15, 0.2) is 0 Å². The number of anilines is 2. The van der Waals surface area contributed by atoms with Gasteiger partial charge in [0.2, 0.25) is 5.91 Å². The molecule has 0 unspecified atom stereocenters. The number of methoxy groups -OCH3 is 1. The topological polar surface area (TPSA) is 103 Å². The fraction of sp³-hybridized carbons (Fsp3) is 0.167. The Hall–Kier alpha value is -4.19. The van der Waals surface area contributed by atoms with E-state index in [0.717, 1.165) is 5.56 Å². The van der Waals surface area contributed by atoms with Crippen LogP contribution in [-0.2, 0) is 9.59 Å². The third-order valence-corrected chi connectivity index (χ3v) is 7.51. The Bertz CT molecular complexity index is 1510. The molecule has 0 aliphatic carbocycles. The normalized spacial score (nSPS) is 14.8. The van der Waals surface area contributed by atoms with Crippen LogP contribution in [0.1, 0.15) is 24.0 Å². The van der Waals surface area contributed by atoms with Crippen LogP contribution in [-0.4, -0.2) is 24.7 Å². The van der Waals surface area contributed by atoms with Gasteiger partial charge in [0.25, 0.3) is 5.91 Å². The van der Waals surface area contributed by atoms with Crippen LogP contribution in [0, 0.1) is 18.3 Å². The molecule has 0 saturated carbocycles. The number of hydrogen-bond acceptors (Lipinski definition) is 6. The van der Waals surface area contributed by atoms with Gasteiger partial charge in [-0.3, -0.25) is 9.59 Å². The summed E-state index contributed by atoms with van der Waals surface area (Å²) in [5, 5.41) is 20.2. The SMILES string of the molecule is COc1ccccc1NC(=O)C1=C(C)NC(SCC(=O)Nc2ccc(C)cc2)=C(C#N)[C@@H]1c1ccccc1Cl. The number of hydrogen-bond donors (Lipinski definition) is 3. The van der Waals surface area contributed by atoms with Crippen LogP contribution in [0.4, 0.5) is 11.4 Å². The fourth-order valence-corrected chi connectivity index (χ4v) is 5.39. The van der Waals surface area contributed by atoms with Crippen LogP contribution >= 0.6 is 23.4 Å². The van der Waals surface area contributed by atoms with Gasteiger partial charge >= 0.3 is 0 Å². The maximum absolute atomic E-state index is 13.7. The largest absolute Gasteiger partial charge is 0.495 e. The molecule has 0 bridgehead atoms. The summed E-state index contributed by atoms with van der Waals surface area (Å²) in [6.07, 6.45) is 0. The number of carbonyl (C=O) groups is 2. The van der Waals surface area contributed by atoms with Crippen molar-refractivity contribution in [2.75, 3.05) is 23.5 Å². The molecule has 3 aromatic rings. The van der Waals surface area contributed by atoms with Gasteiger partial charge in [0.1, 0.15) is 5.75 Å². The van der Waals surface area contributed by atoms with E-state index in [1.165, 1.54) is 18.9 Å². The van der Waals surface area contributed by atoms with Crippen LogP contribution in [0.25, 0.3) is 0 Å². The summed E-state index contributed by atoms with van der Waals surface area (Å²) < 4.78 is 5.38. The number of allylic oxidation sites excluding steroid dienone is 2. The summed E-state index contributed by atoms with van der Waals surface area (Å²) in [5.41, 5.74) is 4.09. The van der Waals surface area contributed by atoms with Crippen LogP contribution < -0.4 is 20.7 Å². The van der Waals surface area contributed by atoms with E-state index in [4.69, 9.17) is 16.3 Å². The maximum atomic E-state index is 13.7. The predicted molar refractivity (Wildman–Crippen MR) is 157 cm³/mol. The van der Waals surface area contributed by atoms with E-state index in [1.54, 1.807) is 43.3 Å². The number of nitrogens with zero attached hydrogens (tertiary/aromatic N) is 1. The lowest BCUT2D eigenvalue weighted by Crippen LogP contribution is -2.31. The van der Waals surface area contributed by atoms with E-state index in [2.05, 4.69) is 22.0 Å². The number of dihydropyridines is 1. The molecule has 0 spiro atoms. The van der Waals surface area contributed by atoms with E-state index >= 15 is 0 Å². The third-order valence-electron chi connectivity index (χ3n) is 6.15.